The Morgan fingerprint density at radius 3 is 2.04 bits per heavy atom. The number of amides is 2. The van der Waals surface area contributed by atoms with E-state index in [0.717, 1.165) is 46.2 Å². The van der Waals surface area contributed by atoms with Crippen LogP contribution in [0.5, 0.6) is 0 Å². The Morgan fingerprint density at radius 2 is 1.42 bits per heavy atom. The number of fused-ring (bicyclic) bond motifs is 3. The summed E-state index contributed by atoms with van der Waals surface area (Å²) in [6.45, 7) is 2.11. The monoisotopic (exact) mass is 607 g/mol. The summed E-state index contributed by atoms with van der Waals surface area (Å²) in [4.78, 5) is 27.0. The quantitative estimate of drug-likeness (QED) is 0.117. The van der Waals surface area contributed by atoms with Gasteiger partial charge in [-0.1, -0.05) is 111 Å². The Balaban J connectivity index is 1.27. The number of hydrogen-bond donors (Lipinski definition) is 5. The molecule has 0 heterocycles. The fourth-order valence-electron chi connectivity index (χ4n) is 5.84. The second-order valence-corrected chi connectivity index (χ2v) is 11.4. The second-order valence-electron chi connectivity index (χ2n) is 11.4. The molecule has 0 fully saturated rings. The molecule has 1 aliphatic rings. The van der Waals surface area contributed by atoms with Gasteiger partial charge >= 0.3 is 6.09 Å². The standard InChI is InChI=1S/C37H41N3O5/c1-2-3-17-33(35(42)38-27-20-18-26(23-41)19-21-27)39-36(43)34(22-25-11-5-4-6-12-25)40-37(44)45-24-32-30-15-9-7-13-28(30)29-14-8-10-16-31(29)32/h4-16,18-21,32-35,38,41-42H,2-3,17,22-24H2,1H3,(H,39,43)(H,40,44)/t33-,34-,35?/m0/s1. The van der Waals surface area contributed by atoms with Crippen LogP contribution in [0.4, 0.5) is 10.5 Å². The van der Waals surface area contributed by atoms with E-state index in [-0.39, 0.29) is 25.6 Å². The minimum atomic E-state index is -1.08. The van der Waals surface area contributed by atoms with Crippen LogP contribution in [0, 0.1) is 0 Å². The van der Waals surface area contributed by atoms with Gasteiger partial charge in [0.1, 0.15) is 18.9 Å². The average Bonchev–Trinajstić information content (AvgIpc) is 3.39. The summed E-state index contributed by atoms with van der Waals surface area (Å²) in [5, 5.41) is 29.3. The molecule has 4 aromatic rings. The van der Waals surface area contributed by atoms with Gasteiger partial charge in [-0.3, -0.25) is 4.79 Å². The molecular formula is C37H41N3O5. The predicted octanol–water partition coefficient (Wildman–Crippen LogP) is 5.73. The van der Waals surface area contributed by atoms with Crippen molar-refractivity contribution < 1.29 is 24.5 Å². The lowest BCUT2D eigenvalue weighted by molar-refractivity contribution is -0.124. The van der Waals surface area contributed by atoms with Crippen molar-refractivity contribution in [2.45, 2.75) is 63.4 Å². The molecule has 2 amide bonds. The van der Waals surface area contributed by atoms with Crippen LogP contribution >= 0.6 is 0 Å². The Hall–Kier alpha value is -4.66. The van der Waals surface area contributed by atoms with Crippen molar-refractivity contribution in [1.29, 1.82) is 0 Å². The molecule has 5 N–H and O–H groups in total. The number of carbonyl (C=O) groups excluding carboxylic acids is 2. The maximum absolute atomic E-state index is 13.7. The van der Waals surface area contributed by atoms with Crippen LogP contribution in [0.25, 0.3) is 11.1 Å². The minimum absolute atomic E-state index is 0.0719. The third-order valence-corrected chi connectivity index (χ3v) is 8.26. The van der Waals surface area contributed by atoms with E-state index in [0.29, 0.717) is 12.1 Å². The lowest BCUT2D eigenvalue weighted by Gasteiger charge is -2.28. The van der Waals surface area contributed by atoms with Crippen molar-refractivity contribution in [3.8, 4) is 11.1 Å². The van der Waals surface area contributed by atoms with Crippen molar-refractivity contribution in [3.63, 3.8) is 0 Å². The normalized spacial score (nSPS) is 14.0. The van der Waals surface area contributed by atoms with E-state index in [2.05, 4.69) is 40.2 Å². The van der Waals surface area contributed by atoms with Crippen molar-refractivity contribution in [2.75, 3.05) is 11.9 Å². The van der Waals surface area contributed by atoms with Crippen molar-refractivity contribution in [3.05, 3.63) is 125 Å². The number of aliphatic hydroxyl groups excluding tert-OH is 2. The van der Waals surface area contributed by atoms with E-state index in [1.807, 2.05) is 61.5 Å². The number of ether oxygens (including phenoxy) is 1. The summed E-state index contributed by atoms with van der Waals surface area (Å²) >= 11 is 0. The van der Waals surface area contributed by atoms with Gasteiger partial charge in [-0.15, -0.1) is 0 Å². The molecule has 0 aromatic heterocycles. The van der Waals surface area contributed by atoms with Gasteiger partial charge in [0.15, 0.2) is 0 Å². The largest absolute Gasteiger partial charge is 0.449 e. The highest BCUT2D eigenvalue weighted by Crippen LogP contribution is 2.44. The molecule has 0 saturated heterocycles. The van der Waals surface area contributed by atoms with E-state index >= 15 is 0 Å². The number of rotatable bonds is 14. The molecule has 1 aliphatic carbocycles. The van der Waals surface area contributed by atoms with Crippen molar-refractivity contribution >= 4 is 17.7 Å². The molecule has 0 radical (unpaired) electrons. The van der Waals surface area contributed by atoms with Crippen molar-refractivity contribution in [2.24, 2.45) is 0 Å². The van der Waals surface area contributed by atoms with Gasteiger partial charge in [0.05, 0.1) is 12.6 Å². The highest BCUT2D eigenvalue weighted by atomic mass is 16.5. The van der Waals surface area contributed by atoms with E-state index < -0.39 is 30.3 Å². The summed E-state index contributed by atoms with van der Waals surface area (Å²) < 4.78 is 5.76. The number of carbonyl (C=O) groups is 2. The Morgan fingerprint density at radius 1 is 0.800 bits per heavy atom. The SMILES string of the molecule is CCCC[C@H](NC(=O)[C@H](Cc1ccccc1)NC(=O)OCC1c2ccccc2-c2ccccc21)C(O)Nc1ccc(CO)cc1. The zero-order chi connectivity index (χ0) is 31.6. The van der Waals surface area contributed by atoms with Crippen molar-refractivity contribution in [1.82, 2.24) is 10.6 Å². The summed E-state index contributed by atoms with van der Waals surface area (Å²) in [7, 11) is 0. The molecule has 3 atom stereocenters. The van der Waals surface area contributed by atoms with Crippen LogP contribution in [-0.4, -0.2) is 47.1 Å². The van der Waals surface area contributed by atoms with Gasteiger partial charge in [-0.25, -0.2) is 4.79 Å². The number of nitrogens with one attached hydrogen (secondary N) is 3. The zero-order valence-corrected chi connectivity index (χ0v) is 25.5. The van der Waals surface area contributed by atoms with Crippen LogP contribution in [0.2, 0.25) is 0 Å². The zero-order valence-electron chi connectivity index (χ0n) is 25.5. The number of hydrogen-bond acceptors (Lipinski definition) is 6. The Labute approximate surface area is 264 Å². The first-order chi connectivity index (χ1) is 22.0. The molecule has 8 nitrogen and oxygen atoms in total. The van der Waals surface area contributed by atoms with Gasteiger partial charge in [-0.05, 0) is 51.9 Å². The molecule has 0 bridgehead atoms. The maximum atomic E-state index is 13.7. The minimum Gasteiger partial charge on any atom is -0.449 e. The molecule has 4 aromatic carbocycles. The van der Waals surface area contributed by atoms with Gasteiger partial charge in [0, 0.05) is 18.0 Å². The van der Waals surface area contributed by atoms with Crippen LogP contribution in [-0.2, 0) is 22.6 Å². The van der Waals surface area contributed by atoms with Crippen LogP contribution in [0.1, 0.15) is 54.4 Å². The third-order valence-electron chi connectivity index (χ3n) is 8.26. The van der Waals surface area contributed by atoms with Gasteiger partial charge < -0.3 is 30.9 Å². The molecule has 45 heavy (non-hydrogen) atoms. The van der Waals surface area contributed by atoms with Crippen LogP contribution in [0.3, 0.4) is 0 Å². The summed E-state index contributed by atoms with van der Waals surface area (Å²) in [5.74, 6) is -0.513. The number of benzene rings is 4. The second kappa shape index (κ2) is 15.4. The highest BCUT2D eigenvalue weighted by Gasteiger charge is 2.31. The van der Waals surface area contributed by atoms with E-state index in [4.69, 9.17) is 4.74 Å². The molecule has 0 saturated carbocycles. The third kappa shape index (κ3) is 8.09. The Bertz CT molecular complexity index is 1510. The van der Waals surface area contributed by atoms with Crippen LogP contribution < -0.4 is 16.0 Å². The lowest BCUT2D eigenvalue weighted by Crippen LogP contribution is -2.54. The lowest BCUT2D eigenvalue weighted by atomic mass is 9.98. The van der Waals surface area contributed by atoms with Gasteiger partial charge in [-0.2, -0.15) is 0 Å². The van der Waals surface area contributed by atoms with E-state index in [1.165, 1.54) is 0 Å². The predicted molar refractivity (Wildman–Crippen MR) is 176 cm³/mol. The smallest absolute Gasteiger partial charge is 0.407 e. The molecule has 0 aliphatic heterocycles. The fourth-order valence-corrected chi connectivity index (χ4v) is 5.84. The number of aliphatic hydroxyl groups is 2. The van der Waals surface area contributed by atoms with E-state index in [1.54, 1.807) is 24.3 Å². The van der Waals surface area contributed by atoms with E-state index in [9.17, 15) is 19.8 Å². The highest BCUT2D eigenvalue weighted by molar-refractivity contribution is 5.86. The average molecular weight is 608 g/mol. The molecule has 1 unspecified atom stereocenters. The maximum Gasteiger partial charge on any atom is 0.407 e. The first-order valence-corrected chi connectivity index (χ1v) is 15.6. The first kappa shape index (κ1) is 31.8. The number of anilines is 1. The number of unbranched alkanes of at least 4 members (excludes halogenated alkanes) is 1. The summed E-state index contributed by atoms with van der Waals surface area (Å²) in [6, 6.07) is 31.3. The molecule has 234 valence electrons. The molecular weight excluding hydrogens is 566 g/mol. The number of alkyl carbamates (subject to hydrolysis) is 1. The van der Waals surface area contributed by atoms with Gasteiger partial charge in [0.2, 0.25) is 5.91 Å². The molecule has 5 rings (SSSR count). The van der Waals surface area contributed by atoms with Crippen LogP contribution in [0.15, 0.2) is 103 Å². The summed E-state index contributed by atoms with van der Waals surface area (Å²) in [5.41, 5.74) is 6.79. The Kier molecular flexibility index (Phi) is 10.8. The summed E-state index contributed by atoms with van der Waals surface area (Å²) in [6.07, 6.45) is 0.705. The molecule has 0 spiro atoms. The first-order valence-electron chi connectivity index (χ1n) is 15.6. The van der Waals surface area contributed by atoms with Gasteiger partial charge in [0.25, 0.3) is 0 Å². The fraction of sp³-hybridized carbons (Fsp3) is 0.297. The molecule has 8 heteroatoms. The topological polar surface area (TPSA) is 120 Å².